The van der Waals surface area contributed by atoms with Crippen molar-refractivity contribution in [1.29, 1.82) is 0 Å². The highest BCUT2D eigenvalue weighted by Crippen LogP contribution is 2.18. The van der Waals surface area contributed by atoms with Gasteiger partial charge in [-0.25, -0.2) is 0 Å². The molecule has 1 aromatic carbocycles. The molecule has 0 amide bonds. The summed E-state index contributed by atoms with van der Waals surface area (Å²) in [6.45, 7) is 1.04. The lowest BCUT2D eigenvalue weighted by atomic mass is 10.0. The van der Waals surface area contributed by atoms with Crippen molar-refractivity contribution < 1.29 is 0 Å². The lowest BCUT2D eigenvalue weighted by Crippen LogP contribution is -2.31. The Morgan fingerprint density at radius 1 is 1.06 bits per heavy atom. The molecule has 0 aromatic heterocycles. The van der Waals surface area contributed by atoms with Crippen molar-refractivity contribution in [2.45, 2.75) is 57.0 Å². The molecule has 2 rings (SSSR count). The topological polar surface area (TPSA) is 38.0 Å². The zero-order valence-corrected chi connectivity index (χ0v) is 11.3. The SMILES string of the molecule is NC(CCNC1CCCCCC1)c1ccccc1. The summed E-state index contributed by atoms with van der Waals surface area (Å²) in [5, 5.41) is 3.68. The van der Waals surface area contributed by atoms with E-state index in [0.29, 0.717) is 0 Å². The third kappa shape index (κ3) is 4.43. The molecule has 0 aliphatic heterocycles. The summed E-state index contributed by atoms with van der Waals surface area (Å²) in [4.78, 5) is 0. The molecule has 0 radical (unpaired) electrons. The van der Waals surface area contributed by atoms with Crippen LogP contribution in [0.25, 0.3) is 0 Å². The van der Waals surface area contributed by atoms with Crippen LogP contribution in [0.4, 0.5) is 0 Å². The van der Waals surface area contributed by atoms with Gasteiger partial charge in [0.15, 0.2) is 0 Å². The van der Waals surface area contributed by atoms with Gasteiger partial charge in [0.25, 0.3) is 0 Å². The Balaban J connectivity index is 1.68. The molecule has 1 saturated carbocycles. The average Bonchev–Trinajstić information content (AvgIpc) is 2.68. The van der Waals surface area contributed by atoms with E-state index in [1.807, 2.05) is 6.07 Å². The molecule has 2 nitrogen and oxygen atoms in total. The zero-order valence-electron chi connectivity index (χ0n) is 11.3. The summed E-state index contributed by atoms with van der Waals surface area (Å²) >= 11 is 0. The monoisotopic (exact) mass is 246 g/mol. The van der Waals surface area contributed by atoms with E-state index in [9.17, 15) is 0 Å². The van der Waals surface area contributed by atoms with Gasteiger partial charge in [-0.3, -0.25) is 0 Å². The van der Waals surface area contributed by atoms with Crippen molar-refractivity contribution >= 4 is 0 Å². The van der Waals surface area contributed by atoms with Gasteiger partial charge in [-0.05, 0) is 31.4 Å². The van der Waals surface area contributed by atoms with E-state index in [1.54, 1.807) is 0 Å². The molecule has 1 aliphatic rings. The molecular formula is C16H26N2. The first-order chi connectivity index (χ1) is 8.86. The van der Waals surface area contributed by atoms with Crippen LogP contribution in [-0.4, -0.2) is 12.6 Å². The zero-order chi connectivity index (χ0) is 12.6. The largest absolute Gasteiger partial charge is 0.324 e. The van der Waals surface area contributed by atoms with Gasteiger partial charge in [0, 0.05) is 12.1 Å². The van der Waals surface area contributed by atoms with E-state index in [2.05, 4.69) is 29.6 Å². The molecule has 0 saturated heterocycles. The molecule has 0 heterocycles. The highest BCUT2D eigenvalue weighted by molar-refractivity contribution is 5.18. The second-order valence-electron chi connectivity index (χ2n) is 5.45. The second-order valence-corrected chi connectivity index (χ2v) is 5.45. The smallest absolute Gasteiger partial charge is 0.0306 e. The Morgan fingerprint density at radius 3 is 2.39 bits per heavy atom. The molecule has 100 valence electrons. The summed E-state index contributed by atoms with van der Waals surface area (Å²) in [6.07, 6.45) is 9.34. The number of benzene rings is 1. The molecule has 18 heavy (non-hydrogen) atoms. The Bertz CT molecular complexity index is 315. The first kappa shape index (κ1) is 13.6. The van der Waals surface area contributed by atoms with Crippen molar-refractivity contribution in [3.05, 3.63) is 35.9 Å². The maximum atomic E-state index is 6.20. The van der Waals surface area contributed by atoms with Gasteiger partial charge >= 0.3 is 0 Å². The fraction of sp³-hybridized carbons (Fsp3) is 0.625. The molecule has 1 aliphatic carbocycles. The molecular weight excluding hydrogens is 220 g/mol. The Morgan fingerprint density at radius 2 is 1.72 bits per heavy atom. The van der Waals surface area contributed by atoms with Gasteiger partial charge in [0.1, 0.15) is 0 Å². The van der Waals surface area contributed by atoms with Crippen LogP contribution < -0.4 is 11.1 Å². The molecule has 1 aromatic rings. The van der Waals surface area contributed by atoms with Crippen molar-refractivity contribution in [3.8, 4) is 0 Å². The fourth-order valence-corrected chi connectivity index (χ4v) is 2.79. The summed E-state index contributed by atoms with van der Waals surface area (Å²) < 4.78 is 0. The lowest BCUT2D eigenvalue weighted by molar-refractivity contribution is 0.443. The number of hydrogen-bond donors (Lipinski definition) is 2. The van der Waals surface area contributed by atoms with Crippen LogP contribution in [0.5, 0.6) is 0 Å². The van der Waals surface area contributed by atoms with Crippen LogP contribution >= 0.6 is 0 Å². The van der Waals surface area contributed by atoms with Crippen LogP contribution in [0.2, 0.25) is 0 Å². The highest BCUT2D eigenvalue weighted by Gasteiger charge is 2.12. The van der Waals surface area contributed by atoms with Gasteiger partial charge in [-0.2, -0.15) is 0 Å². The number of rotatable bonds is 5. The van der Waals surface area contributed by atoms with Crippen molar-refractivity contribution in [3.63, 3.8) is 0 Å². The number of nitrogens with one attached hydrogen (secondary N) is 1. The molecule has 3 N–H and O–H groups in total. The molecule has 1 atom stereocenters. The van der Waals surface area contributed by atoms with Gasteiger partial charge in [0.2, 0.25) is 0 Å². The minimum absolute atomic E-state index is 0.171. The Labute approximate surface area is 111 Å². The van der Waals surface area contributed by atoms with Crippen LogP contribution in [0.15, 0.2) is 30.3 Å². The predicted octanol–water partition coefficient (Wildman–Crippen LogP) is 3.39. The third-order valence-electron chi connectivity index (χ3n) is 3.97. The van der Waals surface area contributed by atoms with Crippen molar-refractivity contribution in [2.75, 3.05) is 6.54 Å². The van der Waals surface area contributed by atoms with Crippen LogP contribution in [0.3, 0.4) is 0 Å². The fourth-order valence-electron chi connectivity index (χ4n) is 2.79. The van der Waals surface area contributed by atoms with Gasteiger partial charge in [-0.1, -0.05) is 56.0 Å². The highest BCUT2D eigenvalue weighted by atomic mass is 14.9. The van der Waals surface area contributed by atoms with E-state index >= 15 is 0 Å². The molecule has 0 spiro atoms. The quantitative estimate of drug-likeness (QED) is 0.782. The van der Waals surface area contributed by atoms with Crippen LogP contribution in [-0.2, 0) is 0 Å². The van der Waals surface area contributed by atoms with Crippen molar-refractivity contribution in [1.82, 2.24) is 5.32 Å². The van der Waals surface area contributed by atoms with Crippen molar-refractivity contribution in [2.24, 2.45) is 5.73 Å². The summed E-state index contributed by atoms with van der Waals surface area (Å²) in [7, 11) is 0. The standard InChI is InChI=1S/C16H26N2/c17-16(14-8-4-3-5-9-14)12-13-18-15-10-6-1-2-7-11-15/h3-5,8-9,15-16,18H,1-2,6-7,10-13,17H2. The second kappa shape index (κ2) is 7.55. The molecule has 0 bridgehead atoms. The van der Waals surface area contributed by atoms with Crippen LogP contribution in [0, 0.1) is 0 Å². The number of nitrogens with two attached hydrogens (primary N) is 1. The Hall–Kier alpha value is -0.860. The van der Waals surface area contributed by atoms with Gasteiger partial charge < -0.3 is 11.1 Å². The number of hydrogen-bond acceptors (Lipinski definition) is 2. The van der Waals surface area contributed by atoms with E-state index in [0.717, 1.165) is 19.0 Å². The third-order valence-corrected chi connectivity index (χ3v) is 3.97. The van der Waals surface area contributed by atoms with Gasteiger partial charge in [-0.15, -0.1) is 0 Å². The van der Waals surface area contributed by atoms with E-state index in [1.165, 1.54) is 44.1 Å². The first-order valence-electron chi connectivity index (χ1n) is 7.40. The lowest BCUT2D eigenvalue weighted by Gasteiger charge is -2.18. The van der Waals surface area contributed by atoms with E-state index in [4.69, 9.17) is 5.73 Å². The first-order valence-corrected chi connectivity index (χ1v) is 7.40. The predicted molar refractivity (Wildman–Crippen MR) is 77.5 cm³/mol. The van der Waals surface area contributed by atoms with E-state index < -0.39 is 0 Å². The summed E-state index contributed by atoms with van der Waals surface area (Å²) in [5.74, 6) is 0. The summed E-state index contributed by atoms with van der Waals surface area (Å²) in [6, 6.07) is 11.3. The maximum Gasteiger partial charge on any atom is 0.0306 e. The van der Waals surface area contributed by atoms with Crippen LogP contribution in [0.1, 0.15) is 56.6 Å². The van der Waals surface area contributed by atoms with Gasteiger partial charge in [0.05, 0.1) is 0 Å². The molecule has 2 heteroatoms. The molecule has 1 unspecified atom stereocenters. The minimum Gasteiger partial charge on any atom is -0.324 e. The Kier molecular flexibility index (Phi) is 5.69. The minimum atomic E-state index is 0.171. The average molecular weight is 246 g/mol. The van der Waals surface area contributed by atoms with E-state index in [-0.39, 0.29) is 6.04 Å². The maximum absolute atomic E-state index is 6.20. The normalized spacial score (nSPS) is 19.4. The summed E-state index contributed by atoms with van der Waals surface area (Å²) in [5.41, 5.74) is 7.45. The molecule has 1 fully saturated rings.